The van der Waals surface area contributed by atoms with E-state index in [1.54, 1.807) is 31.2 Å². The maximum absolute atomic E-state index is 13.5. The molecule has 2 aliphatic heterocycles. The minimum absolute atomic E-state index is 0.000750. The zero-order valence-corrected chi connectivity index (χ0v) is 27.7. The maximum Gasteiger partial charge on any atom is 0.328 e. The number of nitrogens with one attached hydrogen (secondary N) is 3. The van der Waals surface area contributed by atoms with Crippen LogP contribution in [0.2, 0.25) is 5.02 Å². The van der Waals surface area contributed by atoms with Gasteiger partial charge in [-0.3, -0.25) is 14.4 Å². The molecule has 1 saturated heterocycles. The molecule has 2 aliphatic rings. The van der Waals surface area contributed by atoms with E-state index in [2.05, 4.69) is 16.0 Å². The molecule has 0 unspecified atom stereocenters. The molecule has 1 fully saturated rings. The first-order valence-corrected chi connectivity index (χ1v) is 16.1. The molecular formula is C35H44ClN3O7. The topological polar surface area (TPSA) is 135 Å². The van der Waals surface area contributed by atoms with Crippen LogP contribution in [0, 0.1) is 17.8 Å². The van der Waals surface area contributed by atoms with Gasteiger partial charge in [0.15, 0.2) is 0 Å². The number of methoxy groups -OCH3 is 1. The summed E-state index contributed by atoms with van der Waals surface area (Å²) in [6.45, 7) is 7.54. The van der Waals surface area contributed by atoms with Crippen molar-refractivity contribution >= 4 is 35.3 Å². The number of epoxide rings is 1. The standard InChI is InChI=1S/C35H44ClN3O7/c1-20(2)16-27-35(43)45-28(22(4)31-32(46-31)24-10-7-6-8-11-24)12-9-13-30(40)38-26(34(42)37-19-21(3)33(41)39-27)18-23-14-15-29(44-5)25(36)17-23/h6-11,13-15,17,20-22,26-28,31-32H,12,16,18-19H2,1-5H3,(H,37,42)(H,38,40)(H,39,41)/b13-9+/t21-,22+,26-,27+,28+,31+,32+/m1/s1. The molecule has 248 valence electrons. The van der Waals surface area contributed by atoms with E-state index in [0.717, 1.165) is 5.56 Å². The first-order chi connectivity index (χ1) is 22.0. The van der Waals surface area contributed by atoms with Gasteiger partial charge < -0.3 is 30.2 Å². The quantitative estimate of drug-likeness (QED) is 0.286. The molecule has 2 aromatic rings. The third-order valence-electron chi connectivity index (χ3n) is 8.29. The predicted molar refractivity (Wildman–Crippen MR) is 174 cm³/mol. The highest BCUT2D eigenvalue weighted by Gasteiger charge is 2.47. The van der Waals surface area contributed by atoms with Crippen molar-refractivity contribution < 1.29 is 33.4 Å². The lowest BCUT2D eigenvalue weighted by Crippen LogP contribution is -2.51. The molecule has 4 rings (SSSR count). The highest BCUT2D eigenvalue weighted by molar-refractivity contribution is 6.32. The molecule has 0 spiro atoms. The number of carbonyl (C=O) groups is 4. The molecule has 0 saturated carbocycles. The Kier molecular flexibility index (Phi) is 12.2. The number of carbonyl (C=O) groups excluding carboxylic acids is 4. The predicted octanol–water partition coefficient (Wildman–Crippen LogP) is 4.31. The second-order valence-corrected chi connectivity index (χ2v) is 12.9. The third-order valence-corrected chi connectivity index (χ3v) is 8.59. The fraction of sp³-hybridized carbons (Fsp3) is 0.486. The summed E-state index contributed by atoms with van der Waals surface area (Å²) >= 11 is 6.31. The summed E-state index contributed by atoms with van der Waals surface area (Å²) in [6.07, 6.45) is 2.80. The van der Waals surface area contributed by atoms with E-state index in [-0.39, 0.29) is 43.4 Å². The number of rotatable bonds is 8. The zero-order valence-electron chi connectivity index (χ0n) is 27.0. The highest BCUT2D eigenvalue weighted by Crippen LogP contribution is 2.45. The van der Waals surface area contributed by atoms with Crippen molar-refractivity contribution in [2.45, 2.75) is 77.4 Å². The number of esters is 1. The maximum atomic E-state index is 13.5. The highest BCUT2D eigenvalue weighted by atomic mass is 35.5. The van der Waals surface area contributed by atoms with Crippen LogP contribution >= 0.6 is 11.6 Å². The molecule has 3 N–H and O–H groups in total. The smallest absolute Gasteiger partial charge is 0.328 e. The van der Waals surface area contributed by atoms with Crippen LogP contribution in [-0.2, 0) is 35.1 Å². The lowest BCUT2D eigenvalue weighted by molar-refractivity contribution is -0.156. The first kappa shape index (κ1) is 35.0. The fourth-order valence-electron chi connectivity index (χ4n) is 5.53. The first-order valence-electron chi connectivity index (χ1n) is 15.7. The normalized spacial score (nSPS) is 27.5. The second-order valence-electron chi connectivity index (χ2n) is 12.5. The van der Waals surface area contributed by atoms with Crippen LogP contribution in [0.25, 0.3) is 0 Å². The minimum atomic E-state index is -0.947. The number of ether oxygens (including phenoxy) is 3. The Morgan fingerprint density at radius 2 is 1.72 bits per heavy atom. The molecular weight excluding hydrogens is 610 g/mol. The molecule has 46 heavy (non-hydrogen) atoms. The lowest BCUT2D eigenvalue weighted by atomic mass is 9.93. The Morgan fingerprint density at radius 3 is 2.39 bits per heavy atom. The average molecular weight is 654 g/mol. The van der Waals surface area contributed by atoms with Crippen molar-refractivity contribution in [3.8, 4) is 5.75 Å². The molecule has 10 nitrogen and oxygen atoms in total. The van der Waals surface area contributed by atoms with Gasteiger partial charge in [0.2, 0.25) is 17.7 Å². The molecule has 0 aliphatic carbocycles. The van der Waals surface area contributed by atoms with Crippen molar-refractivity contribution in [3.63, 3.8) is 0 Å². The van der Waals surface area contributed by atoms with Crippen LogP contribution in [0.3, 0.4) is 0 Å². The number of hydrogen-bond acceptors (Lipinski definition) is 7. The number of hydrogen-bond donors (Lipinski definition) is 3. The van der Waals surface area contributed by atoms with E-state index in [1.807, 2.05) is 51.1 Å². The summed E-state index contributed by atoms with van der Waals surface area (Å²) in [5, 5.41) is 8.77. The van der Waals surface area contributed by atoms with Gasteiger partial charge in [0.05, 0.1) is 24.2 Å². The van der Waals surface area contributed by atoms with Gasteiger partial charge >= 0.3 is 5.97 Å². The lowest BCUT2D eigenvalue weighted by Gasteiger charge is -2.27. The average Bonchev–Trinajstić information content (AvgIpc) is 3.83. The van der Waals surface area contributed by atoms with Gasteiger partial charge in [-0.1, -0.05) is 81.8 Å². The van der Waals surface area contributed by atoms with Crippen LogP contribution in [0.5, 0.6) is 5.75 Å². The van der Waals surface area contributed by atoms with Crippen LogP contribution < -0.4 is 20.7 Å². The Balaban J connectivity index is 1.58. The van der Waals surface area contributed by atoms with Crippen molar-refractivity contribution in [1.29, 1.82) is 0 Å². The van der Waals surface area contributed by atoms with Gasteiger partial charge in [-0.15, -0.1) is 0 Å². The van der Waals surface area contributed by atoms with Gasteiger partial charge in [0.1, 0.15) is 30.0 Å². The van der Waals surface area contributed by atoms with Crippen molar-refractivity contribution in [2.75, 3.05) is 13.7 Å². The Hall–Kier alpha value is -3.89. The van der Waals surface area contributed by atoms with Crippen molar-refractivity contribution in [2.24, 2.45) is 17.8 Å². The van der Waals surface area contributed by atoms with Gasteiger partial charge in [-0.25, -0.2) is 4.79 Å². The molecule has 11 heteroatoms. The van der Waals surface area contributed by atoms with E-state index in [1.165, 1.54) is 13.2 Å². The summed E-state index contributed by atoms with van der Waals surface area (Å²) in [4.78, 5) is 53.1. The number of amides is 3. The van der Waals surface area contributed by atoms with E-state index < -0.39 is 47.8 Å². The SMILES string of the molecule is COc1ccc(C[C@H]2NC(=O)/C=C/C[C@@H]([C@H](C)[C@@H]3O[C@H]3c3ccccc3)OC(=O)[C@H](CC(C)C)NC(=O)[C@H](C)CNC2=O)cc1Cl. The van der Waals surface area contributed by atoms with Crippen molar-refractivity contribution in [1.82, 2.24) is 16.0 Å². The van der Waals surface area contributed by atoms with Crippen LogP contribution in [0.1, 0.15) is 57.8 Å². The summed E-state index contributed by atoms with van der Waals surface area (Å²) < 4.78 is 17.3. The molecule has 0 aromatic heterocycles. The largest absolute Gasteiger partial charge is 0.495 e. The van der Waals surface area contributed by atoms with Gasteiger partial charge in [-0.2, -0.15) is 0 Å². The summed E-state index contributed by atoms with van der Waals surface area (Å²) in [7, 11) is 1.51. The molecule has 3 amide bonds. The fourth-order valence-corrected chi connectivity index (χ4v) is 5.81. The van der Waals surface area contributed by atoms with Crippen molar-refractivity contribution in [3.05, 3.63) is 76.8 Å². The van der Waals surface area contributed by atoms with Crippen LogP contribution in [0.15, 0.2) is 60.7 Å². The van der Waals surface area contributed by atoms with Gasteiger partial charge in [0, 0.05) is 25.3 Å². The third kappa shape index (κ3) is 9.56. The Bertz CT molecular complexity index is 1420. The monoisotopic (exact) mass is 653 g/mol. The molecule has 0 radical (unpaired) electrons. The molecule has 2 aromatic carbocycles. The number of cyclic esters (lactones) is 1. The van der Waals surface area contributed by atoms with E-state index >= 15 is 0 Å². The molecule has 2 heterocycles. The number of halogens is 1. The minimum Gasteiger partial charge on any atom is -0.495 e. The summed E-state index contributed by atoms with van der Waals surface area (Å²) in [6, 6.07) is 13.1. The van der Waals surface area contributed by atoms with Crippen LogP contribution in [-0.4, -0.2) is 61.6 Å². The zero-order chi connectivity index (χ0) is 33.4. The second kappa shape index (κ2) is 16.1. The summed E-state index contributed by atoms with van der Waals surface area (Å²) in [5.41, 5.74) is 1.75. The number of benzene rings is 2. The van der Waals surface area contributed by atoms with Crippen LogP contribution in [0.4, 0.5) is 0 Å². The molecule has 7 atom stereocenters. The van der Waals surface area contributed by atoms with Gasteiger partial charge in [0.25, 0.3) is 0 Å². The van der Waals surface area contributed by atoms with E-state index in [4.69, 9.17) is 25.8 Å². The Morgan fingerprint density at radius 1 is 0.978 bits per heavy atom. The molecule has 0 bridgehead atoms. The van der Waals surface area contributed by atoms with Gasteiger partial charge in [-0.05, 0) is 41.7 Å². The van der Waals surface area contributed by atoms with E-state index in [9.17, 15) is 19.2 Å². The Labute approximate surface area is 275 Å². The summed E-state index contributed by atoms with van der Waals surface area (Å²) in [5.74, 6) is -2.17. The van der Waals surface area contributed by atoms with E-state index in [0.29, 0.717) is 22.8 Å².